The van der Waals surface area contributed by atoms with Crippen molar-refractivity contribution in [2.45, 2.75) is 31.6 Å². The maximum absolute atomic E-state index is 6.22. The zero-order valence-electron chi connectivity index (χ0n) is 14.4. The van der Waals surface area contributed by atoms with Crippen molar-refractivity contribution in [1.29, 1.82) is 0 Å². The summed E-state index contributed by atoms with van der Waals surface area (Å²) in [6, 6.07) is 5.53. The summed E-state index contributed by atoms with van der Waals surface area (Å²) < 4.78 is 4.82. The molecule has 0 atom stereocenters. The number of rotatable bonds is 4. The van der Waals surface area contributed by atoms with E-state index in [1.54, 1.807) is 23.6 Å². The molecule has 136 valence electrons. The quantitative estimate of drug-likeness (QED) is 0.544. The molecule has 0 aromatic carbocycles. The SMILES string of the molecule is Nc1nc2cc(Nc3ccon3)cnc2cc1-c1nnc(C2CCCC2)s1. The topological polar surface area (TPSA) is 116 Å². The number of hydrogen-bond donors (Lipinski definition) is 2. The van der Waals surface area contributed by atoms with E-state index in [1.807, 2.05) is 12.1 Å². The molecule has 1 saturated carbocycles. The number of nitrogens with one attached hydrogen (secondary N) is 1. The number of nitrogen functional groups attached to an aromatic ring is 1. The first-order chi connectivity index (χ1) is 13.3. The zero-order valence-corrected chi connectivity index (χ0v) is 15.2. The van der Waals surface area contributed by atoms with Gasteiger partial charge in [0, 0.05) is 12.0 Å². The highest BCUT2D eigenvalue weighted by molar-refractivity contribution is 7.14. The van der Waals surface area contributed by atoms with Crippen LogP contribution >= 0.6 is 11.3 Å². The third kappa shape index (κ3) is 3.10. The Morgan fingerprint density at radius 3 is 2.85 bits per heavy atom. The second-order valence-electron chi connectivity index (χ2n) is 6.62. The summed E-state index contributed by atoms with van der Waals surface area (Å²) in [4.78, 5) is 9.01. The van der Waals surface area contributed by atoms with Crippen LogP contribution in [0.3, 0.4) is 0 Å². The van der Waals surface area contributed by atoms with Gasteiger partial charge in [0.05, 0.1) is 28.5 Å². The number of pyridine rings is 2. The van der Waals surface area contributed by atoms with Gasteiger partial charge in [-0.05, 0) is 25.0 Å². The first-order valence-corrected chi connectivity index (χ1v) is 9.65. The van der Waals surface area contributed by atoms with E-state index < -0.39 is 0 Å². The van der Waals surface area contributed by atoms with E-state index in [4.69, 9.17) is 10.3 Å². The van der Waals surface area contributed by atoms with Gasteiger partial charge in [0.2, 0.25) is 0 Å². The van der Waals surface area contributed by atoms with Crippen LogP contribution in [0.5, 0.6) is 0 Å². The summed E-state index contributed by atoms with van der Waals surface area (Å²) in [5, 5.41) is 17.6. The largest absolute Gasteiger partial charge is 0.383 e. The standard InChI is InChI=1S/C18H17N7OS/c19-16-12(18-24-23-17(27-18)10-3-1-2-4-10)8-13-14(22-16)7-11(9-20-13)21-15-5-6-26-25-15/h5-10H,1-4H2,(H2,19,22)(H,21,25). The first-order valence-electron chi connectivity index (χ1n) is 8.84. The Labute approximate surface area is 158 Å². The van der Waals surface area contributed by atoms with E-state index >= 15 is 0 Å². The average Bonchev–Trinajstić information content (AvgIpc) is 3.43. The molecule has 0 bridgehead atoms. The number of nitrogens with zero attached hydrogens (tertiary/aromatic N) is 5. The monoisotopic (exact) mass is 379 g/mol. The van der Waals surface area contributed by atoms with Crippen LogP contribution in [0.1, 0.15) is 36.6 Å². The summed E-state index contributed by atoms with van der Waals surface area (Å²) >= 11 is 1.61. The summed E-state index contributed by atoms with van der Waals surface area (Å²) in [5.41, 5.74) is 9.22. The summed E-state index contributed by atoms with van der Waals surface area (Å²) in [6.07, 6.45) is 8.16. The number of aromatic nitrogens is 5. The van der Waals surface area contributed by atoms with Gasteiger partial charge in [0.25, 0.3) is 0 Å². The fraction of sp³-hybridized carbons (Fsp3) is 0.278. The third-order valence-corrected chi connectivity index (χ3v) is 5.90. The number of anilines is 3. The summed E-state index contributed by atoms with van der Waals surface area (Å²) in [7, 11) is 0. The Balaban J connectivity index is 1.47. The van der Waals surface area contributed by atoms with Gasteiger partial charge in [0.15, 0.2) is 10.8 Å². The summed E-state index contributed by atoms with van der Waals surface area (Å²) in [5.74, 6) is 1.57. The first kappa shape index (κ1) is 16.1. The Kier molecular flexibility index (Phi) is 3.93. The highest BCUT2D eigenvalue weighted by Crippen LogP contribution is 2.38. The minimum absolute atomic E-state index is 0.428. The normalized spacial score (nSPS) is 14.8. The molecule has 0 saturated heterocycles. The van der Waals surface area contributed by atoms with Crippen molar-refractivity contribution in [3.05, 3.63) is 35.7 Å². The molecule has 1 fully saturated rings. The van der Waals surface area contributed by atoms with Crippen molar-refractivity contribution in [3.63, 3.8) is 0 Å². The van der Waals surface area contributed by atoms with Gasteiger partial charge >= 0.3 is 0 Å². The predicted molar refractivity (Wildman–Crippen MR) is 104 cm³/mol. The van der Waals surface area contributed by atoms with Gasteiger partial charge < -0.3 is 15.6 Å². The van der Waals surface area contributed by atoms with Gasteiger partial charge in [0.1, 0.15) is 17.1 Å². The Morgan fingerprint density at radius 2 is 2.04 bits per heavy atom. The molecule has 5 rings (SSSR count). The number of fused-ring (bicyclic) bond motifs is 1. The molecule has 0 spiro atoms. The van der Waals surface area contributed by atoms with Gasteiger partial charge in [-0.15, -0.1) is 10.2 Å². The lowest BCUT2D eigenvalue weighted by atomic mass is 10.1. The van der Waals surface area contributed by atoms with Crippen molar-refractivity contribution in [2.24, 2.45) is 0 Å². The zero-order chi connectivity index (χ0) is 18.2. The van der Waals surface area contributed by atoms with Gasteiger partial charge in [-0.3, -0.25) is 4.98 Å². The predicted octanol–water partition coefficient (Wildman–Crippen LogP) is 4.12. The molecule has 4 aromatic rings. The molecule has 8 nitrogen and oxygen atoms in total. The highest BCUT2D eigenvalue weighted by Gasteiger charge is 2.22. The van der Waals surface area contributed by atoms with Crippen LogP contribution < -0.4 is 11.1 Å². The van der Waals surface area contributed by atoms with Crippen molar-refractivity contribution in [2.75, 3.05) is 11.1 Å². The van der Waals surface area contributed by atoms with Crippen LogP contribution in [0, 0.1) is 0 Å². The van der Waals surface area contributed by atoms with Crippen molar-refractivity contribution in [3.8, 4) is 10.6 Å². The second kappa shape index (κ2) is 6.58. The molecule has 4 heterocycles. The van der Waals surface area contributed by atoms with E-state index in [2.05, 4.69) is 30.6 Å². The molecule has 0 radical (unpaired) electrons. The minimum Gasteiger partial charge on any atom is -0.383 e. The molecule has 9 heteroatoms. The molecule has 0 amide bonds. The van der Waals surface area contributed by atoms with E-state index in [-0.39, 0.29) is 0 Å². The minimum atomic E-state index is 0.428. The van der Waals surface area contributed by atoms with E-state index in [1.165, 1.54) is 31.9 Å². The van der Waals surface area contributed by atoms with Crippen molar-refractivity contribution >= 4 is 39.7 Å². The van der Waals surface area contributed by atoms with E-state index in [0.717, 1.165) is 26.8 Å². The van der Waals surface area contributed by atoms with Crippen molar-refractivity contribution in [1.82, 2.24) is 25.3 Å². The Hall–Kier alpha value is -3.07. The molecule has 1 aliphatic carbocycles. The fourth-order valence-corrected chi connectivity index (χ4v) is 4.45. The molecule has 3 N–H and O–H groups in total. The van der Waals surface area contributed by atoms with Gasteiger partial charge in [-0.1, -0.05) is 29.3 Å². The molecule has 0 unspecified atom stereocenters. The molecule has 27 heavy (non-hydrogen) atoms. The average molecular weight is 379 g/mol. The third-order valence-electron chi connectivity index (χ3n) is 4.78. The van der Waals surface area contributed by atoms with Crippen LogP contribution in [-0.4, -0.2) is 25.3 Å². The van der Waals surface area contributed by atoms with Crippen LogP contribution in [0.25, 0.3) is 21.6 Å². The highest BCUT2D eigenvalue weighted by atomic mass is 32.1. The summed E-state index contributed by atoms with van der Waals surface area (Å²) in [6.45, 7) is 0. The maximum atomic E-state index is 6.22. The lowest BCUT2D eigenvalue weighted by Crippen LogP contribution is -1.97. The lowest BCUT2D eigenvalue weighted by molar-refractivity contribution is 0.423. The fourth-order valence-electron chi connectivity index (χ4n) is 3.41. The van der Waals surface area contributed by atoms with Crippen LogP contribution in [0.2, 0.25) is 0 Å². The smallest absolute Gasteiger partial charge is 0.173 e. The number of hydrogen-bond acceptors (Lipinski definition) is 9. The van der Waals surface area contributed by atoms with Crippen LogP contribution in [0.4, 0.5) is 17.3 Å². The molecule has 0 aliphatic heterocycles. The second-order valence-corrected chi connectivity index (χ2v) is 7.63. The van der Waals surface area contributed by atoms with Crippen molar-refractivity contribution < 1.29 is 4.52 Å². The molecular weight excluding hydrogens is 362 g/mol. The lowest BCUT2D eigenvalue weighted by Gasteiger charge is -2.06. The van der Waals surface area contributed by atoms with Crippen LogP contribution in [-0.2, 0) is 0 Å². The van der Waals surface area contributed by atoms with Gasteiger partial charge in [-0.2, -0.15) is 0 Å². The van der Waals surface area contributed by atoms with E-state index in [9.17, 15) is 0 Å². The Bertz CT molecular complexity index is 1090. The Morgan fingerprint density at radius 1 is 1.15 bits per heavy atom. The molecule has 1 aliphatic rings. The molecule has 4 aromatic heterocycles. The molecular formula is C18H17N7OS. The van der Waals surface area contributed by atoms with Crippen LogP contribution in [0.15, 0.2) is 35.2 Å². The number of nitrogens with two attached hydrogens (primary N) is 1. The van der Waals surface area contributed by atoms with E-state index in [0.29, 0.717) is 23.1 Å². The van der Waals surface area contributed by atoms with Gasteiger partial charge in [-0.25, -0.2) is 4.98 Å². The maximum Gasteiger partial charge on any atom is 0.173 e.